The lowest BCUT2D eigenvalue weighted by atomic mass is 10.1. The van der Waals surface area contributed by atoms with Crippen molar-refractivity contribution >= 4 is 11.7 Å². The van der Waals surface area contributed by atoms with Gasteiger partial charge in [0.1, 0.15) is 5.82 Å². The van der Waals surface area contributed by atoms with Crippen LogP contribution in [0.15, 0.2) is 42.5 Å². The molecule has 0 aliphatic rings. The Labute approximate surface area is 165 Å². The standard InChI is InChI=1S/C22H26FNO4/c1-4-24(15-17-7-5-8-19(23)13-17)22(26)9-6-12-28-20-11-10-18(16(2)25)14-21(20)27-3/h5,7-8,10-11,13-14H,4,6,9,12,15H2,1-3H3. The summed E-state index contributed by atoms with van der Waals surface area (Å²) < 4.78 is 24.3. The molecule has 0 aliphatic carbocycles. The van der Waals surface area contributed by atoms with Gasteiger partial charge in [0, 0.05) is 25.1 Å². The molecule has 0 radical (unpaired) electrons. The van der Waals surface area contributed by atoms with E-state index in [9.17, 15) is 14.0 Å². The zero-order chi connectivity index (χ0) is 20.5. The third-order valence-electron chi connectivity index (χ3n) is 4.36. The fourth-order valence-electron chi connectivity index (χ4n) is 2.80. The second-order valence-electron chi connectivity index (χ2n) is 6.41. The third kappa shape index (κ3) is 6.08. The van der Waals surface area contributed by atoms with Gasteiger partial charge < -0.3 is 14.4 Å². The van der Waals surface area contributed by atoms with Gasteiger partial charge in [0.15, 0.2) is 17.3 Å². The van der Waals surface area contributed by atoms with E-state index in [2.05, 4.69) is 0 Å². The average molecular weight is 387 g/mol. The van der Waals surface area contributed by atoms with E-state index >= 15 is 0 Å². The highest BCUT2D eigenvalue weighted by molar-refractivity contribution is 5.94. The number of halogens is 1. The fourth-order valence-corrected chi connectivity index (χ4v) is 2.80. The van der Waals surface area contributed by atoms with Gasteiger partial charge in [0.05, 0.1) is 13.7 Å². The molecule has 0 heterocycles. The Kier molecular flexibility index (Phi) is 7.99. The summed E-state index contributed by atoms with van der Waals surface area (Å²) in [5.74, 6) is 0.661. The molecule has 2 rings (SSSR count). The minimum atomic E-state index is -0.306. The maximum atomic E-state index is 13.3. The van der Waals surface area contributed by atoms with Gasteiger partial charge in [-0.3, -0.25) is 9.59 Å². The minimum absolute atomic E-state index is 0.00532. The van der Waals surface area contributed by atoms with Crippen LogP contribution in [0.5, 0.6) is 11.5 Å². The summed E-state index contributed by atoms with van der Waals surface area (Å²) >= 11 is 0. The second kappa shape index (κ2) is 10.4. The first-order valence-electron chi connectivity index (χ1n) is 9.28. The summed E-state index contributed by atoms with van der Waals surface area (Å²) in [6.45, 7) is 4.67. The zero-order valence-corrected chi connectivity index (χ0v) is 16.5. The van der Waals surface area contributed by atoms with E-state index in [0.29, 0.717) is 49.6 Å². The number of ether oxygens (including phenoxy) is 2. The summed E-state index contributed by atoms with van der Waals surface area (Å²) in [6, 6.07) is 11.3. The van der Waals surface area contributed by atoms with Gasteiger partial charge >= 0.3 is 0 Å². The van der Waals surface area contributed by atoms with Crippen LogP contribution in [0, 0.1) is 5.82 Å². The van der Waals surface area contributed by atoms with E-state index in [0.717, 1.165) is 5.56 Å². The Balaban J connectivity index is 1.85. The van der Waals surface area contributed by atoms with Crippen molar-refractivity contribution in [3.8, 4) is 11.5 Å². The zero-order valence-electron chi connectivity index (χ0n) is 16.5. The van der Waals surface area contributed by atoms with Crippen molar-refractivity contribution in [3.05, 3.63) is 59.4 Å². The van der Waals surface area contributed by atoms with Crippen molar-refractivity contribution in [2.75, 3.05) is 20.3 Å². The monoisotopic (exact) mass is 387 g/mol. The largest absolute Gasteiger partial charge is 0.493 e. The van der Waals surface area contributed by atoms with Crippen LogP contribution in [-0.4, -0.2) is 36.9 Å². The number of amides is 1. The molecule has 2 aromatic rings. The normalized spacial score (nSPS) is 10.4. The Morgan fingerprint density at radius 1 is 1.11 bits per heavy atom. The molecule has 28 heavy (non-hydrogen) atoms. The van der Waals surface area contributed by atoms with Crippen molar-refractivity contribution in [2.24, 2.45) is 0 Å². The molecule has 2 aromatic carbocycles. The van der Waals surface area contributed by atoms with E-state index in [4.69, 9.17) is 9.47 Å². The highest BCUT2D eigenvalue weighted by Gasteiger charge is 2.13. The molecule has 5 nitrogen and oxygen atoms in total. The van der Waals surface area contributed by atoms with Gasteiger partial charge in [-0.2, -0.15) is 0 Å². The van der Waals surface area contributed by atoms with Crippen LogP contribution in [-0.2, 0) is 11.3 Å². The SMILES string of the molecule is CCN(Cc1cccc(F)c1)C(=O)CCCOc1ccc(C(C)=O)cc1OC. The molecular weight excluding hydrogens is 361 g/mol. The number of rotatable bonds is 10. The van der Waals surface area contributed by atoms with Crippen LogP contribution in [0.3, 0.4) is 0 Å². The quantitative estimate of drug-likeness (QED) is 0.452. The van der Waals surface area contributed by atoms with Crippen LogP contribution in [0.4, 0.5) is 4.39 Å². The van der Waals surface area contributed by atoms with Crippen molar-refractivity contribution in [1.29, 1.82) is 0 Å². The summed E-state index contributed by atoms with van der Waals surface area (Å²) in [7, 11) is 1.52. The van der Waals surface area contributed by atoms with E-state index in [1.807, 2.05) is 6.92 Å². The van der Waals surface area contributed by atoms with Crippen LogP contribution < -0.4 is 9.47 Å². The van der Waals surface area contributed by atoms with Crippen LogP contribution >= 0.6 is 0 Å². The Morgan fingerprint density at radius 2 is 1.89 bits per heavy atom. The Bertz CT molecular complexity index is 822. The first-order chi connectivity index (χ1) is 13.4. The number of hydrogen-bond donors (Lipinski definition) is 0. The van der Waals surface area contributed by atoms with Gasteiger partial charge in [-0.1, -0.05) is 12.1 Å². The molecule has 6 heteroatoms. The van der Waals surface area contributed by atoms with Crippen molar-refractivity contribution in [2.45, 2.75) is 33.2 Å². The molecule has 0 aliphatic heterocycles. The Morgan fingerprint density at radius 3 is 2.54 bits per heavy atom. The topological polar surface area (TPSA) is 55.8 Å². The van der Waals surface area contributed by atoms with Gasteiger partial charge in [-0.15, -0.1) is 0 Å². The molecule has 150 valence electrons. The summed E-state index contributed by atoms with van der Waals surface area (Å²) in [6.07, 6.45) is 0.868. The van der Waals surface area contributed by atoms with Crippen LogP contribution in [0.2, 0.25) is 0 Å². The molecule has 0 atom stereocenters. The fraction of sp³-hybridized carbons (Fsp3) is 0.364. The summed E-state index contributed by atoms with van der Waals surface area (Å²) in [5, 5.41) is 0. The maximum Gasteiger partial charge on any atom is 0.222 e. The smallest absolute Gasteiger partial charge is 0.222 e. The molecule has 0 bridgehead atoms. The number of methoxy groups -OCH3 is 1. The van der Waals surface area contributed by atoms with Gasteiger partial charge in [-0.25, -0.2) is 4.39 Å². The van der Waals surface area contributed by atoms with Gasteiger partial charge in [-0.05, 0) is 56.2 Å². The van der Waals surface area contributed by atoms with Crippen LogP contribution in [0.25, 0.3) is 0 Å². The predicted molar refractivity (Wildman–Crippen MR) is 105 cm³/mol. The molecule has 0 saturated carbocycles. The summed E-state index contributed by atoms with van der Waals surface area (Å²) in [5.41, 5.74) is 1.32. The van der Waals surface area contributed by atoms with Gasteiger partial charge in [0.25, 0.3) is 0 Å². The van der Waals surface area contributed by atoms with Crippen molar-refractivity contribution in [1.82, 2.24) is 4.90 Å². The van der Waals surface area contributed by atoms with Gasteiger partial charge in [0.2, 0.25) is 5.91 Å². The maximum absolute atomic E-state index is 13.3. The Hall–Kier alpha value is -2.89. The summed E-state index contributed by atoms with van der Waals surface area (Å²) in [4.78, 5) is 25.6. The van der Waals surface area contributed by atoms with Crippen molar-refractivity contribution in [3.63, 3.8) is 0 Å². The molecule has 0 N–H and O–H groups in total. The molecule has 0 unspecified atom stereocenters. The van der Waals surface area contributed by atoms with E-state index in [1.54, 1.807) is 35.2 Å². The molecule has 0 spiro atoms. The number of benzene rings is 2. The predicted octanol–water partition coefficient (Wildman–Crippen LogP) is 4.24. The second-order valence-corrected chi connectivity index (χ2v) is 6.41. The third-order valence-corrected chi connectivity index (χ3v) is 4.36. The highest BCUT2D eigenvalue weighted by Crippen LogP contribution is 2.28. The molecule has 0 fully saturated rings. The molecule has 0 aromatic heterocycles. The number of carbonyl (C=O) groups excluding carboxylic acids is 2. The molecule has 1 amide bonds. The molecule has 0 saturated heterocycles. The number of carbonyl (C=O) groups is 2. The van der Waals surface area contributed by atoms with E-state index in [-0.39, 0.29) is 17.5 Å². The minimum Gasteiger partial charge on any atom is -0.493 e. The number of Topliss-reactive ketones (excluding diaryl/α,β-unsaturated/α-hetero) is 1. The first kappa shape index (κ1) is 21.4. The van der Waals surface area contributed by atoms with E-state index < -0.39 is 0 Å². The number of nitrogens with zero attached hydrogens (tertiary/aromatic N) is 1. The number of ketones is 1. The van der Waals surface area contributed by atoms with Crippen LogP contribution in [0.1, 0.15) is 42.6 Å². The lowest BCUT2D eigenvalue weighted by Gasteiger charge is -2.21. The first-order valence-corrected chi connectivity index (χ1v) is 9.28. The lowest BCUT2D eigenvalue weighted by Crippen LogP contribution is -2.30. The lowest BCUT2D eigenvalue weighted by molar-refractivity contribution is -0.131. The van der Waals surface area contributed by atoms with E-state index in [1.165, 1.54) is 26.2 Å². The highest BCUT2D eigenvalue weighted by atomic mass is 19.1. The number of hydrogen-bond acceptors (Lipinski definition) is 4. The molecular formula is C22H26FNO4. The van der Waals surface area contributed by atoms with Crippen molar-refractivity contribution < 1.29 is 23.5 Å². The average Bonchev–Trinajstić information content (AvgIpc) is 2.69.